The fraction of sp³-hybridized carbons (Fsp3) is 0.400. The van der Waals surface area contributed by atoms with Crippen LogP contribution >= 0.6 is 0 Å². The van der Waals surface area contributed by atoms with E-state index in [1.54, 1.807) is 0 Å². The van der Waals surface area contributed by atoms with Gasteiger partial charge in [0.05, 0.1) is 19.0 Å². The van der Waals surface area contributed by atoms with E-state index in [9.17, 15) is 4.79 Å². The SMILES string of the molecule is COC(=O)Cc1cn(CCN)c2cc3c(cc12)OCCO3. The Morgan fingerprint density at radius 1 is 1.33 bits per heavy atom. The maximum Gasteiger partial charge on any atom is 0.310 e. The maximum absolute atomic E-state index is 11.6. The molecule has 0 atom stereocenters. The molecule has 0 bridgehead atoms. The van der Waals surface area contributed by atoms with Crippen LogP contribution in [-0.2, 0) is 22.5 Å². The van der Waals surface area contributed by atoms with E-state index >= 15 is 0 Å². The van der Waals surface area contributed by atoms with E-state index in [1.165, 1.54) is 7.11 Å². The molecular formula is C15H18N2O4. The van der Waals surface area contributed by atoms with Crippen LogP contribution in [0.25, 0.3) is 10.9 Å². The van der Waals surface area contributed by atoms with Gasteiger partial charge >= 0.3 is 5.97 Å². The molecule has 112 valence electrons. The molecule has 0 aliphatic carbocycles. The summed E-state index contributed by atoms with van der Waals surface area (Å²) in [6, 6.07) is 3.87. The van der Waals surface area contributed by atoms with Crippen LogP contribution < -0.4 is 15.2 Å². The Kier molecular flexibility index (Phi) is 3.70. The maximum atomic E-state index is 11.6. The fourth-order valence-corrected chi connectivity index (χ4v) is 2.59. The van der Waals surface area contributed by atoms with Crippen LogP contribution in [0.3, 0.4) is 0 Å². The van der Waals surface area contributed by atoms with Crippen LogP contribution in [0, 0.1) is 0 Å². The molecule has 0 unspecified atom stereocenters. The van der Waals surface area contributed by atoms with Gasteiger partial charge in [-0.2, -0.15) is 0 Å². The quantitative estimate of drug-likeness (QED) is 0.853. The van der Waals surface area contributed by atoms with Crippen molar-refractivity contribution in [3.63, 3.8) is 0 Å². The van der Waals surface area contributed by atoms with Gasteiger partial charge in [0.15, 0.2) is 11.5 Å². The molecule has 2 heterocycles. The standard InChI is InChI=1S/C15H18N2O4/c1-19-15(18)6-10-9-17(3-2-16)12-8-14-13(7-11(10)12)20-4-5-21-14/h7-9H,2-6,16H2,1H3. The van der Waals surface area contributed by atoms with Crippen molar-refractivity contribution < 1.29 is 19.0 Å². The lowest BCUT2D eigenvalue weighted by atomic mass is 10.1. The second-order valence-electron chi connectivity index (χ2n) is 4.90. The molecule has 3 rings (SSSR count). The van der Waals surface area contributed by atoms with Crippen molar-refractivity contribution in [2.45, 2.75) is 13.0 Å². The number of carbonyl (C=O) groups excluding carboxylic acids is 1. The van der Waals surface area contributed by atoms with Gasteiger partial charge in [-0.1, -0.05) is 0 Å². The highest BCUT2D eigenvalue weighted by Crippen LogP contribution is 2.36. The normalized spacial score (nSPS) is 13.4. The Labute approximate surface area is 122 Å². The second kappa shape index (κ2) is 5.65. The van der Waals surface area contributed by atoms with Gasteiger partial charge in [-0.15, -0.1) is 0 Å². The van der Waals surface area contributed by atoms with E-state index in [4.69, 9.17) is 19.9 Å². The lowest BCUT2D eigenvalue weighted by Gasteiger charge is -2.18. The van der Waals surface area contributed by atoms with Gasteiger partial charge in [-0.05, 0) is 11.6 Å². The molecular weight excluding hydrogens is 272 g/mol. The second-order valence-corrected chi connectivity index (χ2v) is 4.90. The van der Waals surface area contributed by atoms with Crippen molar-refractivity contribution in [3.05, 3.63) is 23.9 Å². The molecule has 1 aliphatic heterocycles. The summed E-state index contributed by atoms with van der Waals surface area (Å²) in [7, 11) is 1.39. The molecule has 2 aromatic rings. The average Bonchev–Trinajstić information content (AvgIpc) is 2.82. The van der Waals surface area contributed by atoms with Gasteiger partial charge < -0.3 is 24.5 Å². The van der Waals surface area contributed by atoms with Gasteiger partial charge in [-0.25, -0.2) is 0 Å². The predicted octanol–water partition coefficient (Wildman–Crippen LogP) is 1.09. The zero-order valence-electron chi connectivity index (χ0n) is 11.9. The molecule has 6 heteroatoms. The smallest absolute Gasteiger partial charge is 0.310 e. The number of rotatable bonds is 4. The van der Waals surface area contributed by atoms with Crippen LogP contribution in [0.5, 0.6) is 11.5 Å². The average molecular weight is 290 g/mol. The molecule has 6 nitrogen and oxygen atoms in total. The van der Waals surface area contributed by atoms with Crippen LogP contribution in [0.15, 0.2) is 18.3 Å². The van der Waals surface area contributed by atoms with E-state index in [-0.39, 0.29) is 12.4 Å². The molecule has 0 radical (unpaired) electrons. The lowest BCUT2D eigenvalue weighted by Crippen LogP contribution is -2.15. The van der Waals surface area contributed by atoms with Gasteiger partial charge in [0.25, 0.3) is 0 Å². The van der Waals surface area contributed by atoms with E-state index in [2.05, 4.69) is 0 Å². The van der Waals surface area contributed by atoms with E-state index in [1.807, 2.05) is 22.9 Å². The zero-order chi connectivity index (χ0) is 14.8. The van der Waals surface area contributed by atoms with Gasteiger partial charge in [0.1, 0.15) is 13.2 Å². The minimum atomic E-state index is -0.267. The monoisotopic (exact) mass is 290 g/mol. The van der Waals surface area contributed by atoms with Crippen LogP contribution in [0.2, 0.25) is 0 Å². The molecule has 1 aromatic heterocycles. The Hall–Kier alpha value is -2.21. The number of nitrogens with zero attached hydrogens (tertiary/aromatic N) is 1. The number of aromatic nitrogens is 1. The van der Waals surface area contributed by atoms with Gasteiger partial charge in [-0.3, -0.25) is 4.79 Å². The van der Waals surface area contributed by atoms with Crippen molar-refractivity contribution in [2.24, 2.45) is 5.73 Å². The molecule has 0 spiro atoms. The third-order valence-electron chi connectivity index (χ3n) is 3.56. The topological polar surface area (TPSA) is 75.7 Å². The predicted molar refractivity (Wildman–Crippen MR) is 77.7 cm³/mol. The van der Waals surface area contributed by atoms with E-state index in [0.717, 1.165) is 22.2 Å². The summed E-state index contributed by atoms with van der Waals surface area (Å²) in [5, 5.41) is 0.970. The number of hydrogen-bond acceptors (Lipinski definition) is 5. The molecule has 0 saturated heterocycles. The Balaban J connectivity index is 2.11. The number of benzene rings is 1. The Bertz CT molecular complexity index is 678. The summed E-state index contributed by atoms with van der Waals surface area (Å²) in [6.07, 6.45) is 2.17. The number of fused-ring (bicyclic) bond motifs is 2. The number of ether oxygens (including phenoxy) is 3. The van der Waals surface area contributed by atoms with Crippen molar-refractivity contribution >= 4 is 16.9 Å². The lowest BCUT2D eigenvalue weighted by molar-refractivity contribution is -0.139. The first kappa shape index (κ1) is 13.8. The first-order valence-corrected chi connectivity index (χ1v) is 6.91. The van der Waals surface area contributed by atoms with Crippen LogP contribution in [-0.4, -0.2) is 37.4 Å². The molecule has 21 heavy (non-hydrogen) atoms. The third kappa shape index (κ3) is 2.54. The number of methoxy groups -OCH3 is 1. The molecule has 1 aliphatic rings. The van der Waals surface area contributed by atoms with Gasteiger partial charge in [0, 0.05) is 30.7 Å². The van der Waals surface area contributed by atoms with Crippen LogP contribution in [0.4, 0.5) is 0 Å². The highest BCUT2D eigenvalue weighted by Gasteiger charge is 2.18. The Morgan fingerprint density at radius 3 is 2.71 bits per heavy atom. The highest BCUT2D eigenvalue weighted by molar-refractivity contribution is 5.90. The summed E-state index contributed by atoms with van der Waals surface area (Å²) >= 11 is 0. The summed E-state index contributed by atoms with van der Waals surface area (Å²) in [6.45, 7) is 2.28. The molecule has 0 amide bonds. The largest absolute Gasteiger partial charge is 0.486 e. The summed E-state index contributed by atoms with van der Waals surface area (Å²) in [5.41, 5.74) is 7.55. The third-order valence-corrected chi connectivity index (χ3v) is 3.56. The number of carbonyl (C=O) groups is 1. The minimum absolute atomic E-state index is 0.226. The number of esters is 1. The molecule has 0 fully saturated rings. The molecule has 0 saturated carbocycles. The summed E-state index contributed by atoms with van der Waals surface area (Å²) in [4.78, 5) is 11.6. The van der Waals surface area contributed by atoms with Crippen LogP contribution in [0.1, 0.15) is 5.56 Å². The minimum Gasteiger partial charge on any atom is -0.486 e. The summed E-state index contributed by atoms with van der Waals surface area (Å²) < 4.78 is 18.0. The van der Waals surface area contributed by atoms with Crippen molar-refractivity contribution in [3.8, 4) is 11.5 Å². The molecule has 2 N–H and O–H groups in total. The first-order chi connectivity index (χ1) is 10.2. The van der Waals surface area contributed by atoms with E-state index in [0.29, 0.717) is 32.1 Å². The fourth-order valence-electron chi connectivity index (χ4n) is 2.59. The highest BCUT2D eigenvalue weighted by atomic mass is 16.6. The number of hydrogen-bond donors (Lipinski definition) is 1. The molecule has 1 aromatic carbocycles. The van der Waals surface area contributed by atoms with Gasteiger partial charge in [0.2, 0.25) is 0 Å². The van der Waals surface area contributed by atoms with Crippen molar-refractivity contribution in [2.75, 3.05) is 26.9 Å². The van der Waals surface area contributed by atoms with Crippen molar-refractivity contribution in [1.82, 2.24) is 4.57 Å². The summed E-state index contributed by atoms with van der Waals surface area (Å²) in [5.74, 6) is 1.18. The Morgan fingerprint density at radius 2 is 2.05 bits per heavy atom. The van der Waals surface area contributed by atoms with E-state index < -0.39 is 0 Å². The zero-order valence-corrected chi connectivity index (χ0v) is 11.9. The van der Waals surface area contributed by atoms with Crippen molar-refractivity contribution in [1.29, 1.82) is 0 Å². The first-order valence-electron chi connectivity index (χ1n) is 6.91. The number of nitrogens with two attached hydrogens (primary N) is 1.